The lowest BCUT2D eigenvalue weighted by atomic mass is 10.0. The molecule has 0 amide bonds. The standard InChI is InChI=1S/C34H22N6/c1-3-9-23(10-4-1)25-15-19-35-29(21-25)33-31-27(13-7-17-37-31)40-34(32-28(39-33)14-8-18-38-32)30-22-26(16-20-36-30)24-11-5-2-6-12-24/h1-22H. The van der Waals surface area contributed by atoms with Crippen molar-refractivity contribution in [3.8, 4) is 22.3 Å². The molecule has 0 spiro atoms. The van der Waals surface area contributed by atoms with E-state index in [0.29, 0.717) is 45.6 Å². The van der Waals surface area contributed by atoms with Gasteiger partial charge >= 0.3 is 0 Å². The normalized spacial score (nSPS) is 12.3. The van der Waals surface area contributed by atoms with Gasteiger partial charge in [-0.1, -0.05) is 60.7 Å². The molecule has 6 nitrogen and oxygen atoms in total. The maximum absolute atomic E-state index is 5.12. The molecule has 0 fully saturated rings. The largest absolute Gasteiger partial charge is 0.254 e. The molecule has 0 radical (unpaired) electrons. The van der Waals surface area contributed by atoms with E-state index in [1.54, 1.807) is 24.8 Å². The van der Waals surface area contributed by atoms with Crippen LogP contribution in [0.25, 0.3) is 22.3 Å². The van der Waals surface area contributed by atoms with Gasteiger partial charge in [0.05, 0.1) is 22.8 Å². The van der Waals surface area contributed by atoms with Gasteiger partial charge in [-0.3, -0.25) is 19.9 Å². The number of nitrogens with zero attached hydrogens (tertiary/aromatic N) is 6. The van der Waals surface area contributed by atoms with Crippen molar-refractivity contribution in [3.63, 3.8) is 0 Å². The molecule has 0 aliphatic carbocycles. The van der Waals surface area contributed by atoms with Crippen LogP contribution in [0.15, 0.2) is 144 Å². The van der Waals surface area contributed by atoms with Crippen LogP contribution in [-0.4, -0.2) is 31.4 Å². The Balaban J connectivity index is 1.41. The molecular formula is C34H22N6. The molecule has 1 aliphatic rings. The van der Waals surface area contributed by atoms with Gasteiger partial charge in [0.1, 0.15) is 22.8 Å². The molecule has 0 atom stereocenters. The van der Waals surface area contributed by atoms with E-state index >= 15 is 0 Å². The minimum Gasteiger partial charge on any atom is -0.254 e. The highest BCUT2D eigenvalue weighted by atomic mass is 14.9. The second-order valence-corrected chi connectivity index (χ2v) is 9.25. The summed E-state index contributed by atoms with van der Waals surface area (Å²) < 4.78 is 0. The minimum atomic E-state index is 0.636. The van der Waals surface area contributed by atoms with Gasteiger partial charge in [0.2, 0.25) is 0 Å². The Morgan fingerprint density at radius 1 is 0.350 bits per heavy atom. The van der Waals surface area contributed by atoms with Crippen LogP contribution in [0.4, 0.5) is 11.4 Å². The van der Waals surface area contributed by atoms with Gasteiger partial charge in [0.15, 0.2) is 0 Å². The molecule has 0 saturated heterocycles. The summed E-state index contributed by atoms with van der Waals surface area (Å²) in [7, 11) is 0. The van der Waals surface area contributed by atoms with E-state index in [4.69, 9.17) is 29.9 Å². The molecule has 40 heavy (non-hydrogen) atoms. The number of hydrogen-bond acceptors (Lipinski definition) is 6. The lowest BCUT2D eigenvalue weighted by Crippen LogP contribution is -2.14. The van der Waals surface area contributed by atoms with E-state index < -0.39 is 0 Å². The molecule has 1 aliphatic heterocycles. The summed E-state index contributed by atoms with van der Waals surface area (Å²) in [5.41, 5.74) is 9.62. The second-order valence-electron chi connectivity index (χ2n) is 9.25. The second kappa shape index (κ2) is 10.3. The van der Waals surface area contributed by atoms with Crippen LogP contribution < -0.4 is 0 Å². The summed E-state index contributed by atoms with van der Waals surface area (Å²) in [6, 6.07) is 36.2. The van der Waals surface area contributed by atoms with E-state index in [1.165, 1.54) is 0 Å². The minimum absolute atomic E-state index is 0.636. The summed E-state index contributed by atoms with van der Waals surface area (Å²) in [6.07, 6.45) is 7.12. The smallest absolute Gasteiger partial charge is 0.117 e. The number of pyridine rings is 4. The van der Waals surface area contributed by atoms with Gasteiger partial charge in [0.25, 0.3) is 0 Å². The summed E-state index contributed by atoms with van der Waals surface area (Å²) in [4.78, 5) is 29.1. The Labute approximate surface area is 231 Å². The zero-order valence-electron chi connectivity index (χ0n) is 21.4. The van der Waals surface area contributed by atoms with Gasteiger partial charge in [-0.05, 0) is 70.8 Å². The number of hydrogen-bond donors (Lipinski definition) is 0. The van der Waals surface area contributed by atoms with Crippen LogP contribution >= 0.6 is 0 Å². The van der Waals surface area contributed by atoms with Crippen molar-refractivity contribution in [2.75, 3.05) is 0 Å². The third-order valence-electron chi connectivity index (χ3n) is 6.71. The maximum atomic E-state index is 5.12. The summed E-state index contributed by atoms with van der Waals surface area (Å²) in [5.74, 6) is 0. The first-order valence-corrected chi connectivity index (χ1v) is 13.0. The summed E-state index contributed by atoms with van der Waals surface area (Å²) in [6.45, 7) is 0. The Kier molecular flexibility index (Phi) is 6.03. The Hall–Kier alpha value is -5.62. The van der Waals surface area contributed by atoms with Gasteiger partial charge < -0.3 is 0 Å². The average Bonchev–Trinajstić information content (AvgIpc) is 3.03. The molecule has 188 valence electrons. The van der Waals surface area contributed by atoms with Crippen molar-refractivity contribution in [2.45, 2.75) is 0 Å². The molecule has 0 saturated carbocycles. The Morgan fingerprint density at radius 3 is 1.25 bits per heavy atom. The van der Waals surface area contributed by atoms with Gasteiger partial charge in [-0.2, -0.15) is 0 Å². The zero-order valence-corrected chi connectivity index (χ0v) is 21.4. The van der Waals surface area contributed by atoms with E-state index in [0.717, 1.165) is 22.3 Å². The predicted molar refractivity (Wildman–Crippen MR) is 158 cm³/mol. The first-order valence-electron chi connectivity index (χ1n) is 13.0. The van der Waals surface area contributed by atoms with Crippen LogP contribution in [0.1, 0.15) is 22.8 Å². The zero-order chi connectivity index (χ0) is 26.7. The molecule has 4 aromatic heterocycles. The van der Waals surface area contributed by atoms with Crippen LogP contribution in [0.5, 0.6) is 0 Å². The van der Waals surface area contributed by atoms with Crippen LogP contribution in [0.2, 0.25) is 0 Å². The van der Waals surface area contributed by atoms with E-state index in [1.807, 2.05) is 84.9 Å². The monoisotopic (exact) mass is 514 g/mol. The van der Waals surface area contributed by atoms with Crippen molar-refractivity contribution in [1.82, 2.24) is 19.9 Å². The molecular weight excluding hydrogens is 492 g/mol. The van der Waals surface area contributed by atoms with Gasteiger partial charge in [-0.15, -0.1) is 0 Å². The predicted octanol–water partition coefficient (Wildman–Crippen LogP) is 7.25. The van der Waals surface area contributed by atoms with E-state index in [2.05, 4.69) is 24.3 Å². The number of aromatic nitrogens is 4. The van der Waals surface area contributed by atoms with Crippen molar-refractivity contribution < 1.29 is 0 Å². The third-order valence-corrected chi connectivity index (χ3v) is 6.71. The molecule has 0 bridgehead atoms. The first kappa shape index (κ1) is 23.5. The highest BCUT2D eigenvalue weighted by molar-refractivity contribution is 6.20. The molecule has 0 N–H and O–H groups in total. The lowest BCUT2D eigenvalue weighted by Gasteiger charge is -2.16. The molecule has 6 heteroatoms. The highest BCUT2D eigenvalue weighted by Crippen LogP contribution is 2.32. The van der Waals surface area contributed by atoms with Crippen LogP contribution in [0, 0.1) is 0 Å². The molecule has 5 heterocycles. The van der Waals surface area contributed by atoms with Crippen LogP contribution in [-0.2, 0) is 0 Å². The topological polar surface area (TPSA) is 76.3 Å². The SMILES string of the molecule is c1ccc(-c2ccnc(C3=Nc4cccnc4C(c4cc(-c5ccccc5)ccn4)=Nc4cccnc43)c2)cc1. The molecule has 6 aromatic rings. The highest BCUT2D eigenvalue weighted by Gasteiger charge is 2.23. The van der Waals surface area contributed by atoms with Crippen molar-refractivity contribution in [3.05, 3.63) is 157 Å². The first-order chi connectivity index (χ1) is 19.8. The van der Waals surface area contributed by atoms with E-state index in [-0.39, 0.29) is 0 Å². The number of fused-ring (bicyclic) bond motifs is 2. The Bertz CT molecular complexity index is 1750. The lowest BCUT2D eigenvalue weighted by molar-refractivity contribution is 1.19. The fourth-order valence-electron chi connectivity index (χ4n) is 4.78. The third kappa shape index (κ3) is 4.48. The number of aliphatic imine (C=N–C) groups is 2. The van der Waals surface area contributed by atoms with Gasteiger partial charge in [0, 0.05) is 24.8 Å². The summed E-state index contributed by atoms with van der Waals surface area (Å²) >= 11 is 0. The quantitative estimate of drug-likeness (QED) is 0.248. The van der Waals surface area contributed by atoms with Crippen molar-refractivity contribution >= 4 is 22.8 Å². The number of rotatable bonds is 4. The maximum Gasteiger partial charge on any atom is 0.117 e. The number of benzene rings is 2. The van der Waals surface area contributed by atoms with Crippen LogP contribution in [0.3, 0.4) is 0 Å². The fourth-order valence-corrected chi connectivity index (χ4v) is 4.78. The summed E-state index contributed by atoms with van der Waals surface area (Å²) in [5, 5.41) is 0. The average molecular weight is 515 g/mol. The fraction of sp³-hybridized carbons (Fsp3) is 0. The van der Waals surface area contributed by atoms with Gasteiger partial charge in [-0.25, -0.2) is 9.98 Å². The van der Waals surface area contributed by atoms with Crippen molar-refractivity contribution in [1.29, 1.82) is 0 Å². The molecule has 0 unspecified atom stereocenters. The molecule has 7 rings (SSSR count). The molecule has 2 aromatic carbocycles. The Morgan fingerprint density at radius 2 is 0.800 bits per heavy atom. The van der Waals surface area contributed by atoms with Crippen molar-refractivity contribution in [2.24, 2.45) is 9.98 Å². The van der Waals surface area contributed by atoms with E-state index in [9.17, 15) is 0 Å².